The van der Waals surface area contributed by atoms with Gasteiger partial charge in [0.15, 0.2) is 0 Å². The van der Waals surface area contributed by atoms with Crippen molar-refractivity contribution >= 4 is 0 Å². The van der Waals surface area contributed by atoms with Gasteiger partial charge in [-0.2, -0.15) is 0 Å². The first-order valence-electron chi connectivity index (χ1n) is 8.89. The molecule has 3 heteroatoms. The minimum absolute atomic E-state index is 0.431. The molecule has 0 amide bonds. The van der Waals surface area contributed by atoms with Gasteiger partial charge >= 0.3 is 0 Å². The highest BCUT2D eigenvalue weighted by Gasteiger charge is 2.11. The lowest BCUT2D eigenvalue weighted by Gasteiger charge is -2.17. The van der Waals surface area contributed by atoms with Gasteiger partial charge in [0.05, 0.1) is 6.54 Å². The molecule has 0 spiro atoms. The average molecular weight is 321 g/mol. The predicted octanol–water partition coefficient (Wildman–Crippen LogP) is 6.96. The van der Waals surface area contributed by atoms with E-state index in [0.29, 0.717) is 18.4 Å². The van der Waals surface area contributed by atoms with E-state index in [-0.39, 0.29) is 0 Å². The molecule has 0 aliphatic heterocycles. The van der Waals surface area contributed by atoms with Crippen molar-refractivity contribution in [2.75, 3.05) is 0 Å². The van der Waals surface area contributed by atoms with Crippen molar-refractivity contribution in [3.63, 3.8) is 0 Å². The van der Waals surface area contributed by atoms with Gasteiger partial charge in [0.25, 0.3) is 0 Å². The van der Waals surface area contributed by atoms with Crippen LogP contribution in [0.1, 0.15) is 68.1 Å². The fourth-order valence-corrected chi connectivity index (χ4v) is 3.23. The zero-order valence-electron chi connectivity index (χ0n) is 14.7. The lowest BCUT2D eigenvalue weighted by atomic mass is 9.88. The van der Waals surface area contributed by atoms with E-state index >= 15 is 0 Å². The molecule has 0 saturated heterocycles. The van der Waals surface area contributed by atoms with E-state index in [1.54, 1.807) is 0 Å². The smallest absolute Gasteiger partial charge is 0.0510 e. The Balaban J connectivity index is 1.83. The highest BCUT2D eigenvalue weighted by atomic mass is 15.1. The maximum atomic E-state index is 8.37. The fraction of sp³-hybridized carbons (Fsp3) is 0.429. The molecule has 0 radical (unpaired) electrons. The molecular weight excluding hydrogens is 294 g/mol. The van der Waals surface area contributed by atoms with Crippen LogP contribution in [0.25, 0.3) is 10.4 Å². The lowest BCUT2D eigenvalue weighted by molar-refractivity contribution is 0.529. The van der Waals surface area contributed by atoms with Gasteiger partial charge in [-0.05, 0) is 53.3 Å². The van der Waals surface area contributed by atoms with Gasteiger partial charge in [-0.25, -0.2) is 0 Å². The Morgan fingerprint density at radius 2 is 1.67 bits per heavy atom. The molecule has 0 aromatic heterocycles. The van der Waals surface area contributed by atoms with Crippen molar-refractivity contribution in [3.05, 3.63) is 81.7 Å². The molecule has 3 nitrogen and oxygen atoms in total. The second-order valence-electron chi connectivity index (χ2n) is 6.48. The number of rotatable bonds is 9. The third-order valence-corrected chi connectivity index (χ3v) is 4.82. The van der Waals surface area contributed by atoms with Crippen molar-refractivity contribution in [2.24, 2.45) is 5.11 Å². The van der Waals surface area contributed by atoms with Crippen LogP contribution in [0.15, 0.2) is 59.7 Å². The molecule has 126 valence electrons. The standard InChI is InChI=1S/C21H27N3/c1-3-19(21-9-5-4-6-10-21)11-7-8-17(2)20-14-12-18(13-15-20)16-23-24-22/h4-6,9-10,12-15,17,19H,3,7-8,11,16H2,1-2H3. The largest absolute Gasteiger partial charge is 0.0893 e. The second-order valence-corrected chi connectivity index (χ2v) is 6.48. The van der Waals surface area contributed by atoms with Crippen LogP contribution >= 0.6 is 0 Å². The molecule has 2 aromatic rings. The maximum absolute atomic E-state index is 8.37. The summed E-state index contributed by atoms with van der Waals surface area (Å²) in [5, 5.41) is 3.60. The molecule has 0 aliphatic rings. The van der Waals surface area contributed by atoms with Crippen LogP contribution in [0.2, 0.25) is 0 Å². The SMILES string of the molecule is CCC(CCCC(C)c1ccc(CN=[N+]=[N-])cc1)c1ccccc1. The monoisotopic (exact) mass is 321 g/mol. The summed E-state index contributed by atoms with van der Waals surface area (Å²) in [5.41, 5.74) is 12.3. The summed E-state index contributed by atoms with van der Waals surface area (Å²) in [6.45, 7) is 5.01. The molecule has 0 saturated carbocycles. The Morgan fingerprint density at radius 3 is 2.29 bits per heavy atom. The molecule has 2 atom stereocenters. The van der Waals surface area contributed by atoms with Crippen molar-refractivity contribution in [3.8, 4) is 0 Å². The normalized spacial score (nSPS) is 13.1. The lowest BCUT2D eigenvalue weighted by Crippen LogP contribution is -2.00. The van der Waals surface area contributed by atoms with E-state index in [2.05, 4.69) is 78.5 Å². The van der Waals surface area contributed by atoms with Crippen LogP contribution in [0.5, 0.6) is 0 Å². The van der Waals surface area contributed by atoms with E-state index in [1.165, 1.54) is 36.8 Å². The van der Waals surface area contributed by atoms with Crippen LogP contribution < -0.4 is 0 Å². The molecule has 0 bridgehead atoms. The zero-order chi connectivity index (χ0) is 17.2. The van der Waals surface area contributed by atoms with Gasteiger partial charge in [0.2, 0.25) is 0 Å². The summed E-state index contributed by atoms with van der Waals surface area (Å²) >= 11 is 0. The molecule has 0 fully saturated rings. The minimum Gasteiger partial charge on any atom is -0.0893 e. The summed E-state index contributed by atoms with van der Waals surface area (Å²) < 4.78 is 0. The highest BCUT2D eigenvalue weighted by molar-refractivity contribution is 5.25. The molecule has 0 N–H and O–H groups in total. The van der Waals surface area contributed by atoms with Gasteiger partial charge in [0, 0.05) is 4.91 Å². The van der Waals surface area contributed by atoms with Gasteiger partial charge in [-0.3, -0.25) is 0 Å². The summed E-state index contributed by atoms with van der Waals surface area (Å²) in [6.07, 6.45) is 4.90. The Labute approximate surface area is 145 Å². The quantitative estimate of drug-likeness (QED) is 0.272. The van der Waals surface area contributed by atoms with E-state index in [1.807, 2.05) is 0 Å². The Morgan fingerprint density at radius 1 is 0.958 bits per heavy atom. The summed E-state index contributed by atoms with van der Waals surface area (Å²) in [6, 6.07) is 19.3. The third-order valence-electron chi connectivity index (χ3n) is 4.82. The molecule has 24 heavy (non-hydrogen) atoms. The van der Waals surface area contributed by atoms with Crippen molar-refractivity contribution in [1.82, 2.24) is 0 Å². The Kier molecular flexibility index (Phi) is 7.38. The van der Waals surface area contributed by atoms with Crippen LogP contribution in [-0.2, 0) is 6.54 Å². The second kappa shape index (κ2) is 9.79. The van der Waals surface area contributed by atoms with E-state index in [4.69, 9.17) is 5.53 Å². The number of hydrogen-bond donors (Lipinski definition) is 0. The number of hydrogen-bond acceptors (Lipinski definition) is 1. The van der Waals surface area contributed by atoms with Gasteiger partial charge < -0.3 is 0 Å². The Hall–Kier alpha value is -2.25. The van der Waals surface area contributed by atoms with E-state index in [9.17, 15) is 0 Å². The zero-order valence-corrected chi connectivity index (χ0v) is 14.7. The molecular formula is C21H27N3. The van der Waals surface area contributed by atoms with Crippen LogP contribution in [0.3, 0.4) is 0 Å². The molecule has 2 aromatic carbocycles. The predicted molar refractivity (Wildman–Crippen MR) is 101 cm³/mol. The van der Waals surface area contributed by atoms with Crippen molar-refractivity contribution < 1.29 is 0 Å². The summed E-state index contributed by atoms with van der Waals surface area (Å²) in [4.78, 5) is 2.80. The summed E-state index contributed by atoms with van der Waals surface area (Å²) in [5.74, 6) is 1.23. The van der Waals surface area contributed by atoms with Gasteiger partial charge in [-0.1, -0.05) is 80.0 Å². The minimum atomic E-state index is 0.431. The molecule has 0 aliphatic carbocycles. The fourth-order valence-electron chi connectivity index (χ4n) is 3.23. The van der Waals surface area contributed by atoms with Gasteiger partial charge in [-0.15, -0.1) is 0 Å². The van der Waals surface area contributed by atoms with Crippen LogP contribution in [0, 0.1) is 0 Å². The van der Waals surface area contributed by atoms with Crippen molar-refractivity contribution in [1.29, 1.82) is 0 Å². The molecule has 2 rings (SSSR count). The Bertz CT molecular complexity index is 643. The summed E-state index contributed by atoms with van der Waals surface area (Å²) in [7, 11) is 0. The highest BCUT2D eigenvalue weighted by Crippen LogP contribution is 2.28. The van der Waals surface area contributed by atoms with Crippen LogP contribution in [-0.4, -0.2) is 0 Å². The number of benzene rings is 2. The molecule has 0 heterocycles. The van der Waals surface area contributed by atoms with E-state index in [0.717, 1.165) is 5.56 Å². The first-order valence-corrected chi connectivity index (χ1v) is 8.89. The maximum Gasteiger partial charge on any atom is 0.0510 e. The molecule has 2 unspecified atom stereocenters. The topological polar surface area (TPSA) is 48.8 Å². The number of nitrogens with zero attached hydrogens (tertiary/aromatic N) is 3. The van der Waals surface area contributed by atoms with E-state index < -0.39 is 0 Å². The third kappa shape index (κ3) is 5.43. The number of azide groups is 1. The first kappa shape index (κ1) is 18.1. The van der Waals surface area contributed by atoms with Crippen LogP contribution in [0.4, 0.5) is 0 Å². The van der Waals surface area contributed by atoms with Crippen molar-refractivity contribution in [2.45, 2.75) is 57.9 Å². The average Bonchev–Trinajstić information content (AvgIpc) is 2.64. The first-order chi connectivity index (χ1) is 11.7. The van der Waals surface area contributed by atoms with Gasteiger partial charge in [0.1, 0.15) is 0 Å².